The van der Waals surface area contributed by atoms with E-state index in [4.69, 9.17) is 12.2 Å². The topological polar surface area (TPSA) is 49.4 Å². The van der Waals surface area contributed by atoms with Crippen LogP contribution in [0.1, 0.15) is 12.0 Å². The summed E-state index contributed by atoms with van der Waals surface area (Å²) in [6.07, 6.45) is 0.769. The van der Waals surface area contributed by atoms with Gasteiger partial charge in [0.05, 0.1) is 4.90 Å². The van der Waals surface area contributed by atoms with Crippen LogP contribution < -0.4 is 5.32 Å². The van der Waals surface area contributed by atoms with E-state index in [1.807, 2.05) is 6.92 Å². The van der Waals surface area contributed by atoms with Crippen molar-refractivity contribution in [3.8, 4) is 0 Å². The number of thiocarbonyl (C=S) groups is 1. The van der Waals surface area contributed by atoms with Crippen LogP contribution in [-0.4, -0.2) is 30.9 Å². The number of nitrogens with zero attached hydrogens (tertiary/aromatic N) is 1. The molecule has 0 radical (unpaired) electrons. The number of rotatable bonds is 2. The molecule has 0 amide bonds. The Morgan fingerprint density at radius 3 is 2.53 bits per heavy atom. The van der Waals surface area contributed by atoms with Crippen molar-refractivity contribution in [2.24, 2.45) is 0 Å². The van der Waals surface area contributed by atoms with Crippen molar-refractivity contribution in [1.82, 2.24) is 9.62 Å². The normalized spacial score (nSPS) is 16.8. The molecule has 1 aliphatic rings. The molecule has 17 heavy (non-hydrogen) atoms. The minimum absolute atomic E-state index is 0.286. The van der Waals surface area contributed by atoms with Gasteiger partial charge in [0.1, 0.15) is 0 Å². The molecule has 6 heteroatoms. The molecule has 1 N–H and O–H groups in total. The molecule has 1 aliphatic heterocycles. The largest absolute Gasteiger partial charge is 0.362 e. The smallest absolute Gasteiger partial charge is 0.266 e. The number of hydrogen-bond donors (Lipinski definition) is 1. The Balaban J connectivity index is 2.35. The number of nitrogens with one attached hydrogen (secondary N) is 1. The van der Waals surface area contributed by atoms with Gasteiger partial charge >= 0.3 is 0 Å². The standard InChI is InChI=1S/C11H14N2O2S2/c1-9-3-5-10(6-4-9)17(14,15)13-8-2-7-12-11(13)16/h3-6H,2,7-8H2,1H3,(H,12,16). The summed E-state index contributed by atoms with van der Waals surface area (Å²) in [4.78, 5) is 0.286. The third kappa shape index (κ3) is 2.42. The van der Waals surface area contributed by atoms with Crippen molar-refractivity contribution < 1.29 is 8.42 Å². The van der Waals surface area contributed by atoms with E-state index in [-0.39, 0.29) is 10.0 Å². The number of hydrogen-bond acceptors (Lipinski definition) is 3. The van der Waals surface area contributed by atoms with Crippen molar-refractivity contribution in [1.29, 1.82) is 0 Å². The van der Waals surface area contributed by atoms with Crippen LogP contribution in [0, 0.1) is 6.92 Å². The van der Waals surface area contributed by atoms with Gasteiger partial charge in [-0.2, -0.15) is 0 Å². The van der Waals surface area contributed by atoms with Gasteiger partial charge in [0.15, 0.2) is 5.11 Å². The highest BCUT2D eigenvalue weighted by atomic mass is 32.2. The van der Waals surface area contributed by atoms with Crippen molar-refractivity contribution >= 4 is 27.4 Å². The predicted molar refractivity (Wildman–Crippen MR) is 70.3 cm³/mol. The highest BCUT2D eigenvalue weighted by molar-refractivity contribution is 7.91. The monoisotopic (exact) mass is 270 g/mol. The lowest BCUT2D eigenvalue weighted by Crippen LogP contribution is -2.48. The van der Waals surface area contributed by atoms with E-state index in [1.54, 1.807) is 24.3 Å². The second kappa shape index (κ2) is 4.62. The van der Waals surface area contributed by atoms with Crippen molar-refractivity contribution in [2.45, 2.75) is 18.2 Å². The van der Waals surface area contributed by atoms with Gasteiger partial charge in [0.25, 0.3) is 10.0 Å². The molecule has 1 heterocycles. The minimum Gasteiger partial charge on any atom is -0.362 e. The Labute approximate surface area is 107 Å². The summed E-state index contributed by atoms with van der Waals surface area (Å²) in [6.45, 7) is 3.10. The first-order valence-corrected chi connectivity index (χ1v) is 7.24. The van der Waals surface area contributed by atoms with Crippen LogP contribution in [0.25, 0.3) is 0 Å². The maximum absolute atomic E-state index is 12.3. The van der Waals surface area contributed by atoms with Crippen LogP contribution in [0.5, 0.6) is 0 Å². The van der Waals surface area contributed by atoms with Gasteiger partial charge in [-0.25, -0.2) is 12.7 Å². The van der Waals surface area contributed by atoms with Crippen LogP contribution in [0.3, 0.4) is 0 Å². The summed E-state index contributed by atoms with van der Waals surface area (Å²) in [6, 6.07) is 6.80. The Bertz CT molecular complexity index is 523. The van der Waals surface area contributed by atoms with E-state index >= 15 is 0 Å². The minimum atomic E-state index is -3.50. The molecule has 0 unspecified atom stereocenters. The van der Waals surface area contributed by atoms with Crippen LogP contribution in [0.15, 0.2) is 29.2 Å². The van der Waals surface area contributed by atoms with Gasteiger partial charge in [-0.05, 0) is 37.7 Å². The fourth-order valence-electron chi connectivity index (χ4n) is 1.67. The van der Waals surface area contributed by atoms with Gasteiger partial charge < -0.3 is 5.32 Å². The highest BCUT2D eigenvalue weighted by Crippen LogP contribution is 2.18. The molecular weight excluding hydrogens is 256 g/mol. The zero-order valence-corrected chi connectivity index (χ0v) is 11.1. The number of benzene rings is 1. The van der Waals surface area contributed by atoms with E-state index in [0.29, 0.717) is 6.54 Å². The fraction of sp³-hybridized carbons (Fsp3) is 0.364. The Hall–Kier alpha value is -1.14. The highest BCUT2D eigenvalue weighted by Gasteiger charge is 2.28. The van der Waals surface area contributed by atoms with Gasteiger partial charge in [-0.3, -0.25) is 0 Å². The second-order valence-electron chi connectivity index (χ2n) is 3.98. The number of aryl methyl sites for hydroxylation is 1. The first-order chi connectivity index (χ1) is 8.01. The molecule has 1 aromatic rings. The van der Waals surface area contributed by atoms with E-state index < -0.39 is 10.0 Å². The zero-order valence-electron chi connectivity index (χ0n) is 9.51. The zero-order chi connectivity index (χ0) is 12.5. The predicted octanol–water partition coefficient (Wildman–Crippen LogP) is 1.26. The summed E-state index contributed by atoms with van der Waals surface area (Å²) < 4.78 is 25.9. The van der Waals surface area contributed by atoms with Crippen molar-refractivity contribution in [2.75, 3.05) is 13.1 Å². The average molecular weight is 270 g/mol. The summed E-state index contributed by atoms with van der Waals surface area (Å²) in [7, 11) is -3.50. The lowest BCUT2D eigenvalue weighted by Gasteiger charge is -2.29. The summed E-state index contributed by atoms with van der Waals surface area (Å²) in [5.74, 6) is 0. The van der Waals surface area contributed by atoms with E-state index in [0.717, 1.165) is 18.5 Å². The third-order valence-electron chi connectivity index (χ3n) is 2.65. The molecular formula is C11H14N2O2S2. The van der Waals surface area contributed by atoms with E-state index in [1.165, 1.54) is 4.31 Å². The molecule has 2 rings (SSSR count). The molecule has 0 bridgehead atoms. The lowest BCUT2D eigenvalue weighted by molar-refractivity contribution is 0.482. The van der Waals surface area contributed by atoms with Crippen LogP contribution >= 0.6 is 12.2 Å². The maximum atomic E-state index is 12.3. The molecule has 0 saturated carbocycles. The van der Waals surface area contributed by atoms with E-state index in [2.05, 4.69) is 5.32 Å². The molecule has 1 fully saturated rings. The van der Waals surface area contributed by atoms with Crippen molar-refractivity contribution in [3.05, 3.63) is 29.8 Å². The van der Waals surface area contributed by atoms with E-state index in [9.17, 15) is 8.42 Å². The molecule has 0 spiro atoms. The number of sulfonamides is 1. The fourth-order valence-corrected chi connectivity index (χ4v) is 3.55. The first kappa shape index (κ1) is 12.3. The Kier molecular flexibility index (Phi) is 3.35. The summed E-state index contributed by atoms with van der Waals surface area (Å²) in [5.41, 5.74) is 1.03. The molecule has 92 valence electrons. The van der Waals surface area contributed by atoms with Crippen LogP contribution in [0.2, 0.25) is 0 Å². The maximum Gasteiger partial charge on any atom is 0.266 e. The molecule has 0 aromatic heterocycles. The molecule has 1 saturated heterocycles. The third-order valence-corrected chi connectivity index (χ3v) is 4.94. The molecule has 1 aromatic carbocycles. The molecule has 0 aliphatic carbocycles. The molecule has 4 nitrogen and oxygen atoms in total. The first-order valence-electron chi connectivity index (χ1n) is 5.39. The SMILES string of the molecule is Cc1ccc(S(=O)(=O)N2CCCNC2=S)cc1. The summed E-state index contributed by atoms with van der Waals surface area (Å²) in [5, 5.41) is 3.19. The van der Waals surface area contributed by atoms with Gasteiger partial charge in [-0.1, -0.05) is 17.7 Å². The van der Waals surface area contributed by atoms with Gasteiger partial charge in [0, 0.05) is 13.1 Å². The Morgan fingerprint density at radius 1 is 1.29 bits per heavy atom. The second-order valence-corrected chi connectivity index (χ2v) is 6.22. The van der Waals surface area contributed by atoms with Crippen LogP contribution in [-0.2, 0) is 10.0 Å². The Morgan fingerprint density at radius 2 is 1.94 bits per heavy atom. The lowest BCUT2D eigenvalue weighted by atomic mass is 10.2. The van der Waals surface area contributed by atoms with Crippen LogP contribution in [0.4, 0.5) is 0 Å². The summed E-state index contributed by atoms with van der Waals surface area (Å²) >= 11 is 5.04. The molecule has 0 atom stereocenters. The van der Waals surface area contributed by atoms with Crippen molar-refractivity contribution in [3.63, 3.8) is 0 Å². The average Bonchev–Trinajstić information content (AvgIpc) is 2.30. The van der Waals surface area contributed by atoms with Gasteiger partial charge in [-0.15, -0.1) is 0 Å². The quantitative estimate of drug-likeness (QED) is 0.822. The van der Waals surface area contributed by atoms with Gasteiger partial charge in [0.2, 0.25) is 0 Å².